The van der Waals surface area contributed by atoms with Crippen LogP contribution in [-0.4, -0.2) is 30.3 Å². The van der Waals surface area contributed by atoms with Gasteiger partial charge in [-0.15, -0.1) is 11.3 Å². The van der Waals surface area contributed by atoms with E-state index in [2.05, 4.69) is 9.71 Å². The van der Waals surface area contributed by atoms with Gasteiger partial charge in [-0.1, -0.05) is 17.7 Å². The van der Waals surface area contributed by atoms with Gasteiger partial charge in [0.2, 0.25) is 0 Å². The van der Waals surface area contributed by atoms with Gasteiger partial charge in [0, 0.05) is 10.4 Å². The largest absolute Gasteiger partial charge is 0.475 e. The molecule has 1 aromatic heterocycles. The minimum atomic E-state index is -3.94. The molecule has 0 bridgehead atoms. The van der Waals surface area contributed by atoms with Crippen LogP contribution in [0.2, 0.25) is 5.02 Å². The fourth-order valence-corrected chi connectivity index (χ4v) is 4.03. The van der Waals surface area contributed by atoms with Crippen molar-refractivity contribution in [3.05, 3.63) is 39.9 Å². The molecule has 0 saturated heterocycles. The van der Waals surface area contributed by atoms with Gasteiger partial charge in [0.25, 0.3) is 15.8 Å². The lowest BCUT2D eigenvalue weighted by atomic mass is 10.2. The normalized spacial score (nSPS) is 11.2. The van der Waals surface area contributed by atoms with Gasteiger partial charge in [-0.25, -0.2) is 18.2 Å². The molecule has 10 heteroatoms. The SMILES string of the molecule is Cc1c(Cl)cccc1S(=O)(=O)Nc1nc(C(=O)C(=O)O)cs1. The third kappa shape index (κ3) is 3.26. The molecule has 1 aromatic carbocycles. The third-order valence-corrected chi connectivity index (χ3v) is 5.44. The number of thiazole rings is 1. The second-order valence-electron chi connectivity index (χ2n) is 4.14. The van der Waals surface area contributed by atoms with Crippen LogP contribution in [-0.2, 0) is 14.8 Å². The van der Waals surface area contributed by atoms with E-state index in [4.69, 9.17) is 16.7 Å². The average Bonchev–Trinajstić information content (AvgIpc) is 2.88. The summed E-state index contributed by atoms with van der Waals surface area (Å²) in [6.45, 7) is 1.55. The maximum Gasteiger partial charge on any atom is 0.378 e. The fourth-order valence-electron chi connectivity index (χ4n) is 1.58. The first kappa shape index (κ1) is 16.4. The van der Waals surface area contributed by atoms with E-state index in [1.54, 1.807) is 13.0 Å². The number of sulfonamides is 1. The molecule has 2 rings (SSSR count). The molecule has 116 valence electrons. The lowest BCUT2D eigenvalue weighted by molar-refractivity contribution is -0.131. The Labute approximate surface area is 134 Å². The first-order chi connectivity index (χ1) is 10.2. The van der Waals surface area contributed by atoms with Crippen molar-refractivity contribution in [1.29, 1.82) is 0 Å². The van der Waals surface area contributed by atoms with Crippen LogP contribution in [0.4, 0.5) is 5.13 Å². The number of nitrogens with one attached hydrogen (secondary N) is 1. The van der Waals surface area contributed by atoms with Gasteiger partial charge < -0.3 is 5.11 Å². The topological polar surface area (TPSA) is 113 Å². The molecule has 0 saturated carbocycles. The van der Waals surface area contributed by atoms with Crippen LogP contribution in [0.15, 0.2) is 28.5 Å². The molecule has 0 aliphatic carbocycles. The number of carbonyl (C=O) groups excluding carboxylic acids is 1. The Morgan fingerprint density at radius 3 is 2.68 bits per heavy atom. The molecule has 0 amide bonds. The van der Waals surface area contributed by atoms with Gasteiger partial charge in [-0.3, -0.25) is 9.52 Å². The molecule has 2 N–H and O–H groups in total. The first-order valence-electron chi connectivity index (χ1n) is 5.73. The van der Waals surface area contributed by atoms with E-state index >= 15 is 0 Å². The highest BCUT2D eigenvalue weighted by Gasteiger charge is 2.22. The number of Topliss-reactive ketones (excluding diaryl/α,β-unsaturated/α-hetero) is 1. The zero-order valence-electron chi connectivity index (χ0n) is 11.0. The number of rotatable bonds is 5. The van der Waals surface area contributed by atoms with Crippen molar-refractivity contribution in [1.82, 2.24) is 4.98 Å². The standard InChI is InChI=1S/C12H9ClN2O5S2/c1-6-7(13)3-2-4-9(6)22(19,20)15-12-14-8(5-21-12)10(16)11(17)18/h2-5H,1H3,(H,14,15)(H,17,18). The van der Waals surface area contributed by atoms with Crippen LogP contribution < -0.4 is 4.72 Å². The fraction of sp³-hybridized carbons (Fsp3) is 0.0833. The summed E-state index contributed by atoms with van der Waals surface area (Å²) in [5, 5.41) is 9.94. The van der Waals surface area contributed by atoms with E-state index in [0.29, 0.717) is 10.6 Å². The Morgan fingerprint density at radius 2 is 2.05 bits per heavy atom. The molecule has 0 atom stereocenters. The summed E-state index contributed by atoms with van der Waals surface area (Å²) < 4.78 is 26.8. The number of aliphatic carboxylic acids is 1. The zero-order valence-corrected chi connectivity index (χ0v) is 13.4. The predicted molar refractivity (Wildman–Crippen MR) is 81.1 cm³/mol. The van der Waals surface area contributed by atoms with Crippen LogP contribution in [0.5, 0.6) is 0 Å². The summed E-state index contributed by atoms with van der Waals surface area (Å²) in [6.07, 6.45) is 0. The Kier molecular flexibility index (Phi) is 4.50. The number of anilines is 1. The van der Waals surface area contributed by atoms with Crippen LogP contribution in [0.25, 0.3) is 0 Å². The Balaban J connectivity index is 2.32. The van der Waals surface area contributed by atoms with Crippen molar-refractivity contribution in [3.63, 3.8) is 0 Å². The van der Waals surface area contributed by atoms with E-state index in [-0.39, 0.29) is 15.7 Å². The lowest BCUT2D eigenvalue weighted by Crippen LogP contribution is -2.15. The minimum Gasteiger partial charge on any atom is -0.475 e. The van der Waals surface area contributed by atoms with E-state index in [9.17, 15) is 18.0 Å². The monoisotopic (exact) mass is 360 g/mol. The van der Waals surface area contributed by atoms with Crippen LogP contribution in [0.3, 0.4) is 0 Å². The molecule has 1 heterocycles. The van der Waals surface area contributed by atoms with E-state index in [1.807, 2.05) is 0 Å². The van der Waals surface area contributed by atoms with Gasteiger partial charge in [-0.05, 0) is 24.6 Å². The third-order valence-electron chi connectivity index (χ3n) is 2.66. The van der Waals surface area contributed by atoms with Gasteiger partial charge in [0.15, 0.2) is 5.13 Å². The van der Waals surface area contributed by atoms with Gasteiger partial charge in [0.05, 0.1) is 4.90 Å². The number of aromatic nitrogens is 1. The maximum atomic E-state index is 12.3. The van der Waals surface area contributed by atoms with Gasteiger partial charge in [0.1, 0.15) is 5.69 Å². The summed E-state index contributed by atoms with van der Waals surface area (Å²) in [4.78, 5) is 25.4. The summed E-state index contributed by atoms with van der Waals surface area (Å²) in [5.41, 5.74) is 0.0353. The summed E-state index contributed by atoms with van der Waals surface area (Å²) >= 11 is 6.70. The maximum absolute atomic E-state index is 12.3. The number of carbonyl (C=O) groups is 2. The molecule has 0 unspecified atom stereocenters. The highest BCUT2D eigenvalue weighted by Crippen LogP contribution is 2.26. The molecule has 22 heavy (non-hydrogen) atoms. The van der Waals surface area contributed by atoms with E-state index in [0.717, 1.165) is 11.3 Å². The molecule has 2 aromatic rings. The molecule has 0 aliphatic heterocycles. The molecule has 0 radical (unpaired) electrons. The van der Waals surface area contributed by atoms with Crippen molar-refractivity contribution >= 4 is 49.8 Å². The van der Waals surface area contributed by atoms with Crippen LogP contribution in [0.1, 0.15) is 16.1 Å². The Morgan fingerprint density at radius 1 is 1.36 bits per heavy atom. The zero-order chi connectivity index (χ0) is 16.5. The summed E-state index contributed by atoms with van der Waals surface area (Å²) in [7, 11) is -3.94. The second kappa shape index (κ2) is 6.03. The van der Waals surface area contributed by atoms with Crippen molar-refractivity contribution in [2.24, 2.45) is 0 Å². The number of carboxylic acids is 1. The van der Waals surface area contributed by atoms with Crippen LogP contribution >= 0.6 is 22.9 Å². The molecule has 0 aliphatic rings. The van der Waals surface area contributed by atoms with Crippen molar-refractivity contribution < 1.29 is 23.1 Å². The number of hydrogen-bond donors (Lipinski definition) is 2. The van der Waals surface area contributed by atoms with E-state index < -0.39 is 21.8 Å². The molecular formula is C12H9ClN2O5S2. The van der Waals surface area contributed by atoms with Crippen molar-refractivity contribution in [2.75, 3.05) is 4.72 Å². The molecule has 7 nitrogen and oxygen atoms in total. The number of carboxylic acid groups (broad SMARTS) is 1. The van der Waals surface area contributed by atoms with Gasteiger partial charge >= 0.3 is 5.97 Å². The first-order valence-corrected chi connectivity index (χ1v) is 8.47. The summed E-state index contributed by atoms with van der Waals surface area (Å²) in [6, 6.07) is 4.43. The number of hydrogen-bond acceptors (Lipinski definition) is 6. The second-order valence-corrected chi connectivity index (χ2v) is 7.06. The number of halogens is 1. The number of nitrogens with zero attached hydrogens (tertiary/aromatic N) is 1. The highest BCUT2D eigenvalue weighted by atomic mass is 35.5. The van der Waals surface area contributed by atoms with Crippen LogP contribution in [0, 0.1) is 6.92 Å². The van der Waals surface area contributed by atoms with E-state index in [1.165, 1.54) is 17.5 Å². The predicted octanol–water partition coefficient (Wildman–Crippen LogP) is 2.17. The Bertz CT molecular complexity index is 860. The molecule has 0 spiro atoms. The highest BCUT2D eigenvalue weighted by molar-refractivity contribution is 7.93. The smallest absolute Gasteiger partial charge is 0.378 e. The lowest BCUT2D eigenvalue weighted by Gasteiger charge is -2.09. The quantitative estimate of drug-likeness (QED) is 0.624. The molecule has 0 fully saturated rings. The minimum absolute atomic E-state index is 0.0266. The molecular weight excluding hydrogens is 352 g/mol. The number of benzene rings is 1. The van der Waals surface area contributed by atoms with Crippen molar-refractivity contribution in [3.8, 4) is 0 Å². The number of ketones is 1. The Hall–Kier alpha value is -1.97. The summed E-state index contributed by atoms with van der Waals surface area (Å²) in [5.74, 6) is -2.87. The van der Waals surface area contributed by atoms with Crippen molar-refractivity contribution in [2.45, 2.75) is 11.8 Å². The average molecular weight is 361 g/mol. The van der Waals surface area contributed by atoms with Gasteiger partial charge in [-0.2, -0.15) is 0 Å².